The van der Waals surface area contributed by atoms with Crippen LogP contribution < -0.4 is 0 Å². The monoisotopic (exact) mass is 325 g/mol. The second-order valence-corrected chi connectivity index (χ2v) is 5.64. The van der Waals surface area contributed by atoms with E-state index in [2.05, 4.69) is 20.9 Å². The van der Waals surface area contributed by atoms with Crippen molar-refractivity contribution in [2.45, 2.75) is 6.92 Å². The van der Waals surface area contributed by atoms with Gasteiger partial charge in [0.2, 0.25) is 0 Å². The summed E-state index contributed by atoms with van der Waals surface area (Å²) in [6.07, 6.45) is 3.33. The van der Waals surface area contributed by atoms with Gasteiger partial charge in [-0.3, -0.25) is 9.78 Å². The number of halogens is 1. The molecule has 0 saturated carbocycles. The minimum atomic E-state index is 0.0143. The number of aryl methyl sites for hydroxylation is 1. The van der Waals surface area contributed by atoms with E-state index in [-0.39, 0.29) is 5.78 Å². The Morgan fingerprint density at radius 3 is 2.60 bits per heavy atom. The summed E-state index contributed by atoms with van der Waals surface area (Å²) >= 11 is 3.45. The van der Waals surface area contributed by atoms with Gasteiger partial charge in [0.05, 0.1) is 0 Å². The maximum absolute atomic E-state index is 12.5. The molecule has 0 amide bonds. The Morgan fingerprint density at radius 1 is 1.05 bits per heavy atom. The van der Waals surface area contributed by atoms with E-state index in [1.165, 1.54) is 0 Å². The van der Waals surface area contributed by atoms with Gasteiger partial charge in [0.25, 0.3) is 0 Å². The first-order valence-electron chi connectivity index (χ1n) is 6.30. The fourth-order valence-electron chi connectivity index (χ4n) is 2.22. The van der Waals surface area contributed by atoms with E-state index in [4.69, 9.17) is 0 Å². The van der Waals surface area contributed by atoms with Crippen molar-refractivity contribution in [3.8, 4) is 0 Å². The lowest BCUT2D eigenvalue weighted by molar-refractivity contribution is 0.103. The number of rotatable bonds is 2. The van der Waals surface area contributed by atoms with Gasteiger partial charge >= 0.3 is 0 Å². The van der Waals surface area contributed by atoms with Crippen molar-refractivity contribution in [2.75, 3.05) is 0 Å². The first-order chi connectivity index (χ1) is 9.65. The lowest BCUT2D eigenvalue weighted by Gasteiger charge is -2.06. The molecular formula is C17H12BrNO. The van der Waals surface area contributed by atoms with E-state index in [9.17, 15) is 4.79 Å². The summed E-state index contributed by atoms with van der Waals surface area (Å²) < 4.78 is 1.03. The summed E-state index contributed by atoms with van der Waals surface area (Å²) in [5, 5.41) is 2.17. The second kappa shape index (κ2) is 5.17. The summed E-state index contributed by atoms with van der Waals surface area (Å²) in [5.74, 6) is 0.0143. The number of carbonyl (C=O) groups excluding carboxylic acids is 1. The van der Waals surface area contributed by atoms with Crippen LogP contribution in [0.15, 0.2) is 59.3 Å². The van der Waals surface area contributed by atoms with Crippen LogP contribution in [0.25, 0.3) is 10.8 Å². The number of hydrogen-bond acceptors (Lipinski definition) is 2. The topological polar surface area (TPSA) is 30.0 Å². The Labute approximate surface area is 125 Å². The predicted molar refractivity (Wildman–Crippen MR) is 84.1 cm³/mol. The minimum absolute atomic E-state index is 0.0143. The third-order valence-corrected chi connectivity index (χ3v) is 3.84. The van der Waals surface area contributed by atoms with Crippen molar-refractivity contribution >= 4 is 32.5 Å². The molecule has 2 nitrogen and oxygen atoms in total. The molecule has 2 aromatic carbocycles. The summed E-state index contributed by atoms with van der Waals surface area (Å²) in [6.45, 7) is 1.92. The van der Waals surface area contributed by atoms with Gasteiger partial charge in [-0.2, -0.15) is 0 Å². The van der Waals surface area contributed by atoms with Gasteiger partial charge in [-0.25, -0.2) is 0 Å². The smallest absolute Gasteiger partial charge is 0.194 e. The molecule has 3 heteroatoms. The fourth-order valence-corrected chi connectivity index (χ4v) is 2.59. The molecule has 0 aliphatic carbocycles. The Morgan fingerprint density at radius 2 is 1.80 bits per heavy atom. The number of carbonyl (C=O) groups is 1. The Kier molecular flexibility index (Phi) is 3.36. The molecule has 1 heterocycles. The van der Waals surface area contributed by atoms with Gasteiger partial charge in [-0.1, -0.05) is 34.1 Å². The average molecular weight is 326 g/mol. The van der Waals surface area contributed by atoms with Crippen LogP contribution in [0.2, 0.25) is 0 Å². The highest BCUT2D eigenvalue weighted by Crippen LogP contribution is 2.22. The molecule has 0 aliphatic heterocycles. The summed E-state index contributed by atoms with van der Waals surface area (Å²) in [6, 6.07) is 13.6. The molecule has 0 saturated heterocycles. The molecule has 3 aromatic rings. The number of ketones is 1. The normalized spacial score (nSPS) is 10.7. The summed E-state index contributed by atoms with van der Waals surface area (Å²) in [4.78, 5) is 16.6. The van der Waals surface area contributed by atoms with E-state index in [0.717, 1.165) is 20.8 Å². The number of hydrogen-bond donors (Lipinski definition) is 0. The zero-order chi connectivity index (χ0) is 14.1. The Bertz CT molecular complexity index is 811. The third-order valence-electron chi connectivity index (χ3n) is 3.35. The van der Waals surface area contributed by atoms with E-state index in [1.54, 1.807) is 12.4 Å². The van der Waals surface area contributed by atoms with Gasteiger partial charge in [0.15, 0.2) is 5.78 Å². The van der Waals surface area contributed by atoms with Crippen molar-refractivity contribution in [2.24, 2.45) is 0 Å². The van der Waals surface area contributed by atoms with Gasteiger partial charge in [-0.15, -0.1) is 0 Å². The van der Waals surface area contributed by atoms with E-state index in [1.807, 2.05) is 49.4 Å². The molecule has 3 rings (SSSR count). The molecule has 0 atom stereocenters. The Balaban J connectivity index is 2.09. The Hall–Kier alpha value is -2.00. The molecule has 1 aromatic heterocycles. The zero-order valence-electron chi connectivity index (χ0n) is 10.9. The van der Waals surface area contributed by atoms with Crippen molar-refractivity contribution in [1.82, 2.24) is 4.98 Å². The minimum Gasteiger partial charge on any atom is -0.289 e. The molecular weight excluding hydrogens is 314 g/mol. The molecule has 0 aliphatic rings. The van der Waals surface area contributed by atoms with E-state index >= 15 is 0 Å². The maximum atomic E-state index is 12.5. The van der Waals surface area contributed by atoms with Crippen molar-refractivity contribution in [3.63, 3.8) is 0 Å². The number of nitrogens with zero attached hydrogens (tertiary/aromatic N) is 1. The van der Waals surface area contributed by atoms with E-state index < -0.39 is 0 Å². The molecule has 0 N–H and O–H groups in total. The first kappa shape index (κ1) is 13.0. The second-order valence-electron chi connectivity index (χ2n) is 4.73. The first-order valence-corrected chi connectivity index (χ1v) is 7.09. The molecule has 0 unspecified atom stereocenters. The maximum Gasteiger partial charge on any atom is 0.194 e. The van der Waals surface area contributed by atoms with Gasteiger partial charge in [-0.05, 0) is 47.5 Å². The molecule has 0 bridgehead atoms. The van der Waals surface area contributed by atoms with Crippen LogP contribution in [0.3, 0.4) is 0 Å². The van der Waals surface area contributed by atoms with E-state index in [0.29, 0.717) is 11.1 Å². The molecule has 0 radical (unpaired) electrons. The van der Waals surface area contributed by atoms with Crippen LogP contribution in [0.5, 0.6) is 0 Å². The van der Waals surface area contributed by atoms with Gasteiger partial charge in [0.1, 0.15) is 0 Å². The molecule has 20 heavy (non-hydrogen) atoms. The third kappa shape index (κ3) is 2.37. The van der Waals surface area contributed by atoms with Crippen LogP contribution in [0.4, 0.5) is 0 Å². The van der Waals surface area contributed by atoms with Crippen molar-refractivity contribution in [1.29, 1.82) is 0 Å². The molecule has 98 valence electrons. The highest BCUT2D eigenvalue weighted by atomic mass is 79.9. The van der Waals surface area contributed by atoms with Crippen molar-refractivity contribution < 1.29 is 4.79 Å². The molecule has 0 fully saturated rings. The van der Waals surface area contributed by atoms with Gasteiger partial charge in [0, 0.05) is 28.0 Å². The fraction of sp³-hybridized carbons (Fsp3) is 0.0588. The summed E-state index contributed by atoms with van der Waals surface area (Å²) in [5.41, 5.74) is 2.29. The predicted octanol–water partition coefficient (Wildman–Crippen LogP) is 4.54. The highest BCUT2D eigenvalue weighted by Gasteiger charge is 2.12. The summed E-state index contributed by atoms with van der Waals surface area (Å²) in [7, 11) is 0. The number of fused-ring (bicyclic) bond motifs is 1. The van der Waals surface area contributed by atoms with Crippen LogP contribution in [-0.2, 0) is 0 Å². The van der Waals surface area contributed by atoms with Crippen LogP contribution >= 0.6 is 15.9 Å². The van der Waals surface area contributed by atoms with Crippen molar-refractivity contribution in [3.05, 3.63) is 76.0 Å². The standard InChI is InChI=1S/C17H12BrNO/c1-11-6-7-19-10-16(11)17(20)14-3-2-13-9-15(18)5-4-12(13)8-14/h2-10H,1H3. The number of benzene rings is 2. The van der Waals surface area contributed by atoms with Crippen LogP contribution in [0.1, 0.15) is 21.5 Å². The largest absolute Gasteiger partial charge is 0.289 e. The van der Waals surface area contributed by atoms with Crippen LogP contribution in [0, 0.1) is 6.92 Å². The number of aromatic nitrogens is 1. The quantitative estimate of drug-likeness (QED) is 0.647. The molecule has 0 spiro atoms. The SMILES string of the molecule is Cc1ccncc1C(=O)c1ccc2cc(Br)ccc2c1. The zero-order valence-corrected chi connectivity index (χ0v) is 12.5. The number of pyridine rings is 1. The average Bonchev–Trinajstić information content (AvgIpc) is 2.46. The lowest BCUT2D eigenvalue weighted by Crippen LogP contribution is -2.04. The lowest BCUT2D eigenvalue weighted by atomic mass is 9.99. The highest BCUT2D eigenvalue weighted by molar-refractivity contribution is 9.10. The van der Waals surface area contributed by atoms with Crippen LogP contribution in [-0.4, -0.2) is 10.8 Å². The van der Waals surface area contributed by atoms with Gasteiger partial charge < -0.3 is 0 Å².